The molecule has 124 valence electrons. The Morgan fingerprint density at radius 2 is 2.29 bits per heavy atom. The molecule has 2 N–H and O–H groups in total. The first-order valence-electron chi connectivity index (χ1n) is 7.12. The number of alkyl carbamates (subject to hydrolysis) is 1. The third-order valence-corrected chi connectivity index (χ3v) is 4.09. The maximum Gasteiger partial charge on any atom is 0.407 e. The number of fused-ring (bicyclic) bond motifs is 3. The molecule has 0 aliphatic carbocycles. The van der Waals surface area contributed by atoms with Gasteiger partial charge in [0.15, 0.2) is 11.5 Å². The maximum atomic E-state index is 11.7. The van der Waals surface area contributed by atoms with Crippen molar-refractivity contribution in [3.8, 4) is 0 Å². The number of ether oxygens (including phenoxy) is 1. The van der Waals surface area contributed by atoms with E-state index in [1.165, 1.54) is 19.4 Å². The van der Waals surface area contributed by atoms with E-state index in [0.29, 0.717) is 35.7 Å². The SMILES string of the molecule is CNC(=O)OC1CN(c2nc3[nH]c(=O)c(Cl)cc3n3cnnc23)C1. The van der Waals surface area contributed by atoms with Crippen LogP contribution in [0.25, 0.3) is 16.8 Å². The number of aromatic amines is 1. The Morgan fingerprint density at radius 3 is 3.04 bits per heavy atom. The van der Waals surface area contributed by atoms with E-state index < -0.39 is 11.7 Å². The fourth-order valence-corrected chi connectivity index (χ4v) is 2.73. The molecule has 0 aromatic carbocycles. The van der Waals surface area contributed by atoms with Gasteiger partial charge in [-0.15, -0.1) is 10.2 Å². The molecule has 4 heterocycles. The third kappa shape index (κ3) is 2.22. The van der Waals surface area contributed by atoms with Crippen LogP contribution >= 0.6 is 11.6 Å². The van der Waals surface area contributed by atoms with E-state index in [1.54, 1.807) is 4.40 Å². The van der Waals surface area contributed by atoms with Gasteiger partial charge in [0.2, 0.25) is 5.65 Å². The number of hydrogen-bond donors (Lipinski definition) is 2. The number of hydrogen-bond acceptors (Lipinski definition) is 7. The Kier molecular flexibility index (Phi) is 3.27. The van der Waals surface area contributed by atoms with Gasteiger partial charge in [-0.2, -0.15) is 0 Å². The van der Waals surface area contributed by atoms with Crippen molar-refractivity contribution in [3.63, 3.8) is 0 Å². The monoisotopic (exact) mass is 349 g/mol. The van der Waals surface area contributed by atoms with Gasteiger partial charge < -0.3 is 19.9 Å². The van der Waals surface area contributed by atoms with Crippen molar-refractivity contribution in [2.24, 2.45) is 0 Å². The van der Waals surface area contributed by atoms with Crippen LogP contribution in [0.5, 0.6) is 0 Å². The van der Waals surface area contributed by atoms with E-state index in [9.17, 15) is 9.59 Å². The Bertz CT molecular complexity index is 1010. The highest BCUT2D eigenvalue weighted by Gasteiger charge is 2.33. The molecule has 0 bridgehead atoms. The standard InChI is InChI=1S/C13H12ClN7O3/c1-15-13(23)24-6-3-20(4-6)10-11-19-16-5-21(11)8-2-7(14)12(22)18-9(8)17-10/h2,5-6H,3-4H2,1H3,(H,15,23)(H,18,22). The summed E-state index contributed by atoms with van der Waals surface area (Å²) < 4.78 is 6.87. The number of aromatic nitrogens is 5. The molecule has 0 spiro atoms. The van der Waals surface area contributed by atoms with Gasteiger partial charge in [0.05, 0.1) is 18.6 Å². The maximum absolute atomic E-state index is 11.7. The third-order valence-electron chi connectivity index (χ3n) is 3.81. The van der Waals surface area contributed by atoms with Crippen LogP contribution in [-0.2, 0) is 4.74 Å². The van der Waals surface area contributed by atoms with E-state index in [2.05, 4.69) is 25.5 Å². The van der Waals surface area contributed by atoms with Gasteiger partial charge in [0, 0.05) is 7.05 Å². The zero-order valence-electron chi connectivity index (χ0n) is 12.5. The summed E-state index contributed by atoms with van der Waals surface area (Å²) in [4.78, 5) is 32.0. The average Bonchev–Trinajstić information content (AvgIpc) is 3.01. The fourth-order valence-electron chi connectivity index (χ4n) is 2.58. The van der Waals surface area contributed by atoms with Crippen LogP contribution in [0.15, 0.2) is 17.2 Å². The minimum Gasteiger partial charge on any atom is -0.442 e. The molecule has 3 aromatic rings. The summed E-state index contributed by atoms with van der Waals surface area (Å²) in [6, 6.07) is 1.52. The van der Waals surface area contributed by atoms with Crippen LogP contribution in [0.4, 0.5) is 10.6 Å². The van der Waals surface area contributed by atoms with Gasteiger partial charge in [-0.25, -0.2) is 9.78 Å². The van der Waals surface area contributed by atoms with Crippen LogP contribution in [0.2, 0.25) is 5.02 Å². The van der Waals surface area contributed by atoms with Crippen LogP contribution in [0.1, 0.15) is 0 Å². The molecule has 4 rings (SSSR count). The number of nitrogens with zero attached hydrogens (tertiary/aromatic N) is 5. The van der Waals surface area contributed by atoms with Gasteiger partial charge in [-0.1, -0.05) is 11.6 Å². The van der Waals surface area contributed by atoms with E-state index in [0.717, 1.165) is 0 Å². The number of H-pyrrole nitrogens is 1. The van der Waals surface area contributed by atoms with Gasteiger partial charge in [0.1, 0.15) is 17.5 Å². The number of carbonyl (C=O) groups is 1. The Balaban J connectivity index is 1.73. The lowest BCUT2D eigenvalue weighted by Crippen LogP contribution is -2.54. The molecular weight excluding hydrogens is 338 g/mol. The molecule has 3 aromatic heterocycles. The molecule has 10 nitrogen and oxygen atoms in total. The van der Waals surface area contributed by atoms with Crippen molar-refractivity contribution in [1.82, 2.24) is 29.9 Å². The molecule has 0 radical (unpaired) electrons. The Labute approximate surface area is 139 Å². The lowest BCUT2D eigenvalue weighted by Gasteiger charge is -2.38. The highest BCUT2D eigenvalue weighted by molar-refractivity contribution is 6.30. The quantitative estimate of drug-likeness (QED) is 0.676. The van der Waals surface area contributed by atoms with E-state index in [-0.39, 0.29) is 11.1 Å². The Hall–Kier alpha value is -2.88. The zero-order valence-corrected chi connectivity index (χ0v) is 13.2. The van der Waals surface area contributed by atoms with Crippen molar-refractivity contribution < 1.29 is 9.53 Å². The summed E-state index contributed by atoms with van der Waals surface area (Å²) in [5.74, 6) is 0.551. The number of carbonyl (C=O) groups excluding carboxylic acids is 1. The number of pyridine rings is 1. The van der Waals surface area contributed by atoms with Gasteiger partial charge in [-0.05, 0) is 6.07 Å². The summed E-state index contributed by atoms with van der Waals surface area (Å²) in [6.07, 6.45) is 0.822. The summed E-state index contributed by atoms with van der Waals surface area (Å²) in [5, 5.41) is 10.5. The fraction of sp³-hybridized carbons (Fsp3) is 0.308. The number of anilines is 1. The van der Waals surface area contributed by atoms with Crippen LogP contribution in [-0.4, -0.2) is 56.9 Å². The van der Waals surface area contributed by atoms with Gasteiger partial charge in [-0.3, -0.25) is 9.20 Å². The molecule has 11 heteroatoms. The first-order chi connectivity index (χ1) is 11.6. The van der Waals surface area contributed by atoms with Crippen molar-refractivity contribution in [1.29, 1.82) is 0 Å². The van der Waals surface area contributed by atoms with Gasteiger partial charge in [0.25, 0.3) is 5.56 Å². The van der Waals surface area contributed by atoms with E-state index in [1.807, 2.05) is 4.90 Å². The average molecular weight is 350 g/mol. The number of halogens is 1. The summed E-state index contributed by atoms with van der Waals surface area (Å²) in [7, 11) is 1.50. The first kappa shape index (κ1) is 14.7. The normalized spacial score (nSPS) is 14.8. The second-order valence-electron chi connectivity index (χ2n) is 5.32. The van der Waals surface area contributed by atoms with Crippen LogP contribution < -0.4 is 15.8 Å². The molecule has 1 aliphatic rings. The predicted molar refractivity (Wildman–Crippen MR) is 85.5 cm³/mol. The number of nitrogens with one attached hydrogen (secondary N) is 2. The van der Waals surface area contributed by atoms with E-state index >= 15 is 0 Å². The number of rotatable bonds is 2. The van der Waals surface area contributed by atoms with Crippen LogP contribution in [0, 0.1) is 0 Å². The second kappa shape index (κ2) is 5.34. The molecule has 24 heavy (non-hydrogen) atoms. The number of amides is 1. The van der Waals surface area contributed by atoms with Crippen molar-refractivity contribution in [3.05, 3.63) is 27.8 Å². The van der Waals surface area contributed by atoms with Crippen LogP contribution in [0.3, 0.4) is 0 Å². The minimum absolute atomic E-state index is 0.0649. The topological polar surface area (TPSA) is 118 Å². The highest BCUT2D eigenvalue weighted by Crippen LogP contribution is 2.27. The summed E-state index contributed by atoms with van der Waals surface area (Å²) >= 11 is 5.89. The summed E-state index contributed by atoms with van der Waals surface area (Å²) in [5.41, 5.74) is 1.09. The molecule has 1 aliphatic heterocycles. The van der Waals surface area contributed by atoms with Gasteiger partial charge >= 0.3 is 6.09 Å². The molecule has 0 unspecified atom stereocenters. The molecular formula is C13H12ClN7O3. The van der Waals surface area contributed by atoms with Crippen molar-refractivity contribution >= 4 is 40.3 Å². The molecule has 0 saturated carbocycles. The highest BCUT2D eigenvalue weighted by atomic mass is 35.5. The smallest absolute Gasteiger partial charge is 0.407 e. The largest absolute Gasteiger partial charge is 0.442 e. The zero-order chi connectivity index (χ0) is 16.8. The Morgan fingerprint density at radius 1 is 1.50 bits per heavy atom. The molecule has 0 atom stereocenters. The first-order valence-corrected chi connectivity index (χ1v) is 7.50. The van der Waals surface area contributed by atoms with Crippen molar-refractivity contribution in [2.45, 2.75) is 6.10 Å². The lowest BCUT2D eigenvalue weighted by atomic mass is 10.1. The molecule has 1 fully saturated rings. The predicted octanol–water partition coefficient (Wildman–Crippen LogP) is 0.164. The lowest BCUT2D eigenvalue weighted by molar-refractivity contribution is 0.0824. The summed E-state index contributed by atoms with van der Waals surface area (Å²) in [6.45, 7) is 0.957. The molecule has 1 saturated heterocycles. The molecule has 1 amide bonds. The van der Waals surface area contributed by atoms with Crippen molar-refractivity contribution in [2.75, 3.05) is 25.0 Å². The minimum atomic E-state index is -0.474. The van der Waals surface area contributed by atoms with E-state index in [4.69, 9.17) is 16.3 Å². The second-order valence-corrected chi connectivity index (χ2v) is 5.73.